The van der Waals surface area contributed by atoms with Gasteiger partial charge in [0, 0.05) is 24.8 Å². The zero-order valence-corrected chi connectivity index (χ0v) is 33.4. The topological polar surface area (TPSA) is 152 Å². The van der Waals surface area contributed by atoms with Crippen LogP contribution in [0.3, 0.4) is 0 Å². The Labute approximate surface area is 338 Å². The van der Waals surface area contributed by atoms with Crippen LogP contribution in [-0.4, -0.2) is 71.2 Å². The first kappa shape index (κ1) is 39.8. The van der Waals surface area contributed by atoms with E-state index in [-0.39, 0.29) is 35.8 Å². The maximum Gasteiger partial charge on any atom is 0.331 e. The van der Waals surface area contributed by atoms with Gasteiger partial charge in [-0.15, -0.1) is 0 Å². The number of aromatic nitrogens is 1. The van der Waals surface area contributed by atoms with Gasteiger partial charge in [0.15, 0.2) is 27.4 Å². The molecule has 12 heteroatoms. The van der Waals surface area contributed by atoms with E-state index in [1.54, 1.807) is 0 Å². The van der Waals surface area contributed by atoms with Crippen molar-refractivity contribution < 1.29 is 32.3 Å². The van der Waals surface area contributed by atoms with Crippen LogP contribution in [0.5, 0.6) is 0 Å². The summed E-state index contributed by atoms with van der Waals surface area (Å²) in [6.07, 6.45) is 1.90. The number of carbonyl (C=O) groups excluding carboxylic acids is 4. The number of fused-ring (bicyclic) bond motifs is 1. The molecule has 11 nitrogen and oxygen atoms in total. The summed E-state index contributed by atoms with van der Waals surface area (Å²) in [5, 5.41) is 4.29. The number of nitrogens with one attached hydrogen (secondary N) is 2. The Morgan fingerprint density at radius 2 is 1.36 bits per heavy atom. The highest BCUT2D eigenvalue weighted by molar-refractivity contribution is 7.94. The fourth-order valence-electron chi connectivity index (χ4n) is 7.43. The summed E-state index contributed by atoms with van der Waals surface area (Å²) in [6.45, 7) is 6.85. The van der Waals surface area contributed by atoms with Crippen LogP contribution >= 0.6 is 0 Å². The Kier molecular flexibility index (Phi) is 10.9. The van der Waals surface area contributed by atoms with Gasteiger partial charge in [-0.25, -0.2) is 13.2 Å². The molecule has 296 valence electrons. The van der Waals surface area contributed by atoms with E-state index in [4.69, 9.17) is 4.74 Å². The Morgan fingerprint density at radius 1 is 0.810 bits per heavy atom. The van der Waals surface area contributed by atoms with Crippen molar-refractivity contribution in [2.75, 3.05) is 13.1 Å². The Bertz CT molecular complexity index is 2450. The summed E-state index contributed by atoms with van der Waals surface area (Å²) >= 11 is 0. The lowest BCUT2D eigenvalue weighted by Crippen LogP contribution is -2.59. The minimum Gasteiger partial charge on any atom is -0.451 e. The number of benzene rings is 4. The monoisotopic (exact) mass is 796 g/mol. The van der Waals surface area contributed by atoms with Gasteiger partial charge >= 0.3 is 5.97 Å². The van der Waals surface area contributed by atoms with Crippen LogP contribution < -0.4 is 10.6 Å². The number of pyridine rings is 1. The molecular formula is C46H44N4O7S. The Morgan fingerprint density at radius 3 is 1.97 bits per heavy atom. The third-order valence-corrected chi connectivity index (χ3v) is 13.7. The third kappa shape index (κ3) is 7.43. The first-order valence-electron chi connectivity index (χ1n) is 19.0. The molecule has 2 aliphatic rings. The van der Waals surface area contributed by atoms with Crippen LogP contribution in [0.25, 0.3) is 17.2 Å². The number of amides is 3. The second-order valence-electron chi connectivity index (χ2n) is 15.4. The smallest absolute Gasteiger partial charge is 0.331 e. The lowest BCUT2D eigenvalue weighted by atomic mass is 9.83. The highest BCUT2D eigenvalue weighted by atomic mass is 32.2. The molecule has 2 saturated heterocycles. The molecule has 2 fully saturated rings. The van der Waals surface area contributed by atoms with E-state index in [2.05, 4.69) is 15.6 Å². The van der Waals surface area contributed by atoms with Crippen molar-refractivity contribution in [1.82, 2.24) is 20.5 Å². The molecular weight excluding hydrogens is 753 g/mol. The van der Waals surface area contributed by atoms with Gasteiger partial charge in [-0.05, 0) is 73.7 Å². The molecule has 3 heterocycles. The maximum absolute atomic E-state index is 14.0. The molecule has 3 amide bonds. The number of ether oxygens (including phenoxy) is 1. The van der Waals surface area contributed by atoms with E-state index in [0.29, 0.717) is 11.1 Å². The summed E-state index contributed by atoms with van der Waals surface area (Å²) < 4.78 is 32.3. The standard InChI is InChI=1S/C46H44N4O7S/c1-45(2,35-22-20-31(21-23-35)30-14-8-5-9-15-30)44(54)49-27-26-48-40(51)34-24-25-47-36(28-34)29-37-41(52)50-39(46(3,4)58(55,56)42(37)50)43(53)57-38(32-16-10-6-11-17-32)33-18-12-7-13-19-33/h5-25,28-29,38-39,42H,26-27H2,1-4H3,(H,48,51)(H,49,54)/b37-29-/t39-,42+/m0/s1. The molecule has 0 unspecified atom stereocenters. The van der Waals surface area contributed by atoms with Crippen molar-refractivity contribution in [2.24, 2.45) is 0 Å². The second kappa shape index (κ2) is 15.9. The predicted octanol–water partition coefficient (Wildman–Crippen LogP) is 6.03. The number of hydrogen-bond donors (Lipinski definition) is 2. The number of β-lactam (4-membered cyclic amide) rings is 1. The molecule has 5 aromatic rings. The number of nitrogens with zero attached hydrogens (tertiary/aromatic N) is 2. The number of carbonyl (C=O) groups is 4. The zero-order valence-electron chi connectivity index (χ0n) is 32.6. The van der Waals surface area contributed by atoms with Crippen molar-refractivity contribution >= 4 is 39.6 Å². The molecule has 58 heavy (non-hydrogen) atoms. The van der Waals surface area contributed by atoms with Crippen molar-refractivity contribution in [1.29, 1.82) is 0 Å². The van der Waals surface area contributed by atoms with Gasteiger partial charge in [-0.1, -0.05) is 115 Å². The first-order valence-corrected chi connectivity index (χ1v) is 20.5. The summed E-state index contributed by atoms with van der Waals surface area (Å²) in [4.78, 5) is 59.3. The van der Waals surface area contributed by atoms with E-state index in [9.17, 15) is 27.6 Å². The van der Waals surface area contributed by atoms with Crippen LogP contribution in [0, 0.1) is 0 Å². The van der Waals surface area contributed by atoms with Crippen LogP contribution in [0.4, 0.5) is 0 Å². The minimum absolute atomic E-state index is 0.0591. The van der Waals surface area contributed by atoms with Gasteiger partial charge in [-0.2, -0.15) is 0 Å². The Balaban J connectivity index is 0.991. The average Bonchev–Trinajstić information content (AvgIpc) is 3.39. The molecule has 0 saturated carbocycles. The van der Waals surface area contributed by atoms with Crippen LogP contribution in [0.15, 0.2) is 139 Å². The minimum atomic E-state index is -4.12. The Hall–Kier alpha value is -6.40. The molecule has 0 aliphatic carbocycles. The van der Waals surface area contributed by atoms with Crippen LogP contribution in [0.2, 0.25) is 0 Å². The fraction of sp³-hybridized carbons (Fsp3) is 0.239. The SMILES string of the molecule is CC(C)(C(=O)NCCNC(=O)c1ccnc(/C=C2/C(=O)N3[C@@H](C(=O)OC(c4ccccc4)c4ccccc4)C(C)(C)S(=O)(=O)[C@H]23)c1)c1ccc(-c2ccccc2)cc1. The number of sulfone groups is 1. The maximum atomic E-state index is 14.0. The molecule has 0 radical (unpaired) electrons. The van der Waals surface area contributed by atoms with Gasteiger partial charge in [0.1, 0.15) is 4.75 Å². The fourth-order valence-corrected chi connectivity index (χ4v) is 9.55. The number of hydrogen-bond acceptors (Lipinski definition) is 8. The average molecular weight is 797 g/mol. The third-order valence-electron chi connectivity index (χ3n) is 11.0. The zero-order chi connectivity index (χ0) is 41.2. The second-order valence-corrected chi connectivity index (χ2v) is 18.0. The van der Waals surface area contributed by atoms with Gasteiger partial charge in [0.25, 0.3) is 11.8 Å². The summed E-state index contributed by atoms with van der Waals surface area (Å²) in [7, 11) is -4.12. The lowest BCUT2D eigenvalue weighted by molar-refractivity contribution is -0.160. The van der Waals surface area contributed by atoms with E-state index >= 15 is 0 Å². The van der Waals surface area contributed by atoms with Gasteiger partial charge in [0.05, 0.1) is 16.7 Å². The van der Waals surface area contributed by atoms with Crippen molar-refractivity contribution in [3.05, 3.63) is 167 Å². The largest absolute Gasteiger partial charge is 0.451 e. The molecule has 1 aromatic heterocycles. The van der Waals surface area contributed by atoms with Crippen LogP contribution in [-0.2, 0) is 34.4 Å². The molecule has 0 spiro atoms. The highest BCUT2D eigenvalue weighted by Gasteiger charge is 2.70. The van der Waals surface area contributed by atoms with Crippen molar-refractivity contribution in [3.63, 3.8) is 0 Å². The molecule has 2 N–H and O–H groups in total. The summed E-state index contributed by atoms with van der Waals surface area (Å²) in [5.74, 6) is -2.12. The normalized spacial score (nSPS) is 18.6. The first-order chi connectivity index (χ1) is 27.7. The highest BCUT2D eigenvalue weighted by Crippen LogP contribution is 2.49. The van der Waals surface area contributed by atoms with E-state index in [0.717, 1.165) is 21.6 Å². The van der Waals surface area contributed by atoms with Crippen molar-refractivity contribution in [3.8, 4) is 11.1 Å². The van der Waals surface area contributed by atoms with Gasteiger partial charge < -0.3 is 20.3 Å². The summed E-state index contributed by atoms with van der Waals surface area (Å²) in [5.41, 5.74) is 3.90. The molecule has 2 atom stereocenters. The van der Waals surface area contributed by atoms with Crippen molar-refractivity contribution in [2.45, 2.75) is 55.4 Å². The molecule has 4 aromatic carbocycles. The quantitative estimate of drug-likeness (QED) is 0.0673. The molecule has 2 aliphatic heterocycles. The molecule has 0 bridgehead atoms. The van der Waals surface area contributed by atoms with E-state index < -0.39 is 55.3 Å². The predicted molar refractivity (Wildman–Crippen MR) is 221 cm³/mol. The van der Waals surface area contributed by atoms with Gasteiger partial charge in [0.2, 0.25) is 5.91 Å². The van der Waals surface area contributed by atoms with E-state index in [1.165, 1.54) is 38.3 Å². The van der Waals surface area contributed by atoms with E-state index in [1.807, 2.05) is 129 Å². The summed E-state index contributed by atoms with van der Waals surface area (Å²) in [6, 6.07) is 37.6. The van der Waals surface area contributed by atoms with Gasteiger partial charge in [-0.3, -0.25) is 19.4 Å². The van der Waals surface area contributed by atoms with Crippen LogP contribution in [0.1, 0.15) is 66.5 Å². The number of rotatable bonds is 12. The number of esters is 1. The molecule has 7 rings (SSSR count). The lowest BCUT2D eigenvalue weighted by Gasteiger charge is -2.38.